The van der Waals surface area contributed by atoms with Crippen molar-refractivity contribution in [1.29, 1.82) is 0 Å². The third-order valence-corrected chi connectivity index (χ3v) is 4.07. The Morgan fingerprint density at radius 3 is 2.40 bits per heavy atom. The van der Waals surface area contributed by atoms with E-state index in [0.29, 0.717) is 23.9 Å². The summed E-state index contributed by atoms with van der Waals surface area (Å²) in [5.41, 5.74) is 5.63. The second kappa shape index (κ2) is 8.78. The van der Waals surface area contributed by atoms with Gasteiger partial charge in [-0.05, 0) is 36.2 Å². The molecular weight excluding hydrogens is 315 g/mol. The van der Waals surface area contributed by atoms with Crippen LogP contribution in [0, 0.1) is 5.41 Å². The van der Waals surface area contributed by atoms with Gasteiger partial charge in [-0.1, -0.05) is 25.4 Å². The topological polar surface area (TPSA) is 46.3 Å². The molecule has 0 fully saturated rings. The molecule has 0 unspecified atom stereocenters. The van der Waals surface area contributed by atoms with Crippen LogP contribution in [0.1, 0.15) is 13.8 Å². The Labute approximate surface area is 136 Å². The zero-order valence-corrected chi connectivity index (χ0v) is 14.4. The van der Waals surface area contributed by atoms with Gasteiger partial charge in [0.25, 0.3) is 0 Å². The number of nitrogens with zero attached hydrogens (tertiary/aromatic N) is 1. The van der Waals surface area contributed by atoms with Crippen LogP contribution in [0.15, 0.2) is 29.2 Å². The molecule has 0 spiro atoms. The number of hydrogen-bond acceptors (Lipinski definition) is 3. The molecule has 1 aromatic carbocycles. The first kappa shape index (κ1) is 19.6. The highest BCUT2D eigenvalue weighted by molar-refractivity contribution is 8.00. The SMILES string of the molecule is CN(CC(C)(C)CN)C(=O)CSc1ccc(Cl)cc1.Cl. The van der Waals surface area contributed by atoms with Crippen molar-refractivity contribution in [3.8, 4) is 0 Å². The molecular formula is C14H22Cl2N2OS. The lowest BCUT2D eigenvalue weighted by Gasteiger charge is -2.29. The number of thioether (sulfide) groups is 1. The van der Waals surface area contributed by atoms with Crippen molar-refractivity contribution in [3.05, 3.63) is 29.3 Å². The minimum atomic E-state index is -0.0463. The summed E-state index contributed by atoms with van der Waals surface area (Å²) in [5, 5.41) is 0.706. The molecule has 2 N–H and O–H groups in total. The van der Waals surface area contributed by atoms with E-state index in [2.05, 4.69) is 13.8 Å². The van der Waals surface area contributed by atoms with E-state index in [1.165, 1.54) is 11.8 Å². The fourth-order valence-electron chi connectivity index (χ4n) is 1.58. The number of hydrogen-bond donors (Lipinski definition) is 1. The van der Waals surface area contributed by atoms with Crippen LogP contribution in [-0.2, 0) is 4.79 Å². The molecule has 0 aromatic heterocycles. The maximum Gasteiger partial charge on any atom is 0.232 e. The number of amides is 1. The third kappa shape index (κ3) is 6.84. The normalized spacial score (nSPS) is 10.8. The predicted molar refractivity (Wildman–Crippen MR) is 89.9 cm³/mol. The molecule has 1 amide bonds. The lowest BCUT2D eigenvalue weighted by Crippen LogP contribution is -2.40. The number of carbonyl (C=O) groups is 1. The highest BCUT2D eigenvalue weighted by Gasteiger charge is 2.20. The first-order valence-electron chi connectivity index (χ1n) is 6.16. The minimum absolute atomic E-state index is 0. The maximum atomic E-state index is 12.0. The van der Waals surface area contributed by atoms with Gasteiger partial charge < -0.3 is 10.6 Å². The second-order valence-corrected chi connectivity index (χ2v) is 6.85. The lowest BCUT2D eigenvalue weighted by molar-refractivity contribution is -0.128. The zero-order chi connectivity index (χ0) is 14.5. The van der Waals surface area contributed by atoms with Gasteiger partial charge in [0, 0.05) is 23.5 Å². The molecule has 114 valence electrons. The molecule has 0 aliphatic heterocycles. The van der Waals surface area contributed by atoms with Gasteiger partial charge in [0.15, 0.2) is 0 Å². The van der Waals surface area contributed by atoms with Crippen molar-refractivity contribution in [2.24, 2.45) is 11.1 Å². The van der Waals surface area contributed by atoms with Crippen molar-refractivity contribution >= 4 is 41.7 Å². The molecule has 0 atom stereocenters. The Morgan fingerprint density at radius 2 is 1.90 bits per heavy atom. The largest absolute Gasteiger partial charge is 0.344 e. The molecule has 0 bridgehead atoms. The number of halogens is 2. The molecule has 0 saturated heterocycles. The highest BCUT2D eigenvalue weighted by Crippen LogP contribution is 2.21. The summed E-state index contributed by atoms with van der Waals surface area (Å²) in [5.74, 6) is 0.542. The van der Waals surface area contributed by atoms with Crippen molar-refractivity contribution in [3.63, 3.8) is 0 Å². The van der Waals surface area contributed by atoms with Crippen LogP contribution in [-0.4, -0.2) is 36.7 Å². The third-order valence-electron chi connectivity index (χ3n) is 2.82. The molecule has 6 heteroatoms. The molecule has 3 nitrogen and oxygen atoms in total. The summed E-state index contributed by atoms with van der Waals surface area (Å²) in [6.07, 6.45) is 0. The fraction of sp³-hybridized carbons (Fsp3) is 0.500. The van der Waals surface area contributed by atoms with Crippen LogP contribution in [0.2, 0.25) is 5.02 Å². The van der Waals surface area contributed by atoms with Gasteiger partial charge in [0.1, 0.15) is 0 Å². The fourth-order valence-corrected chi connectivity index (χ4v) is 2.55. The van der Waals surface area contributed by atoms with Crippen LogP contribution in [0.25, 0.3) is 0 Å². The van der Waals surface area contributed by atoms with E-state index in [1.807, 2.05) is 31.3 Å². The minimum Gasteiger partial charge on any atom is -0.344 e. The van der Waals surface area contributed by atoms with Crippen LogP contribution < -0.4 is 5.73 Å². The Hall–Kier alpha value is -0.420. The van der Waals surface area contributed by atoms with Crippen molar-refractivity contribution in [2.45, 2.75) is 18.7 Å². The molecule has 20 heavy (non-hydrogen) atoms. The van der Waals surface area contributed by atoms with E-state index < -0.39 is 0 Å². The molecule has 0 saturated carbocycles. The van der Waals surface area contributed by atoms with Gasteiger partial charge in [0.2, 0.25) is 5.91 Å². The number of benzene rings is 1. The van der Waals surface area contributed by atoms with E-state index in [0.717, 1.165) is 4.90 Å². The van der Waals surface area contributed by atoms with Crippen LogP contribution in [0.4, 0.5) is 0 Å². The number of nitrogens with two attached hydrogens (primary N) is 1. The lowest BCUT2D eigenvalue weighted by atomic mass is 9.93. The second-order valence-electron chi connectivity index (χ2n) is 5.36. The monoisotopic (exact) mass is 336 g/mol. The van der Waals surface area contributed by atoms with Gasteiger partial charge in [-0.2, -0.15) is 0 Å². The van der Waals surface area contributed by atoms with E-state index >= 15 is 0 Å². The molecule has 0 aliphatic carbocycles. The first-order chi connectivity index (χ1) is 8.84. The van der Waals surface area contributed by atoms with Crippen molar-refractivity contribution in [2.75, 3.05) is 25.9 Å². The van der Waals surface area contributed by atoms with E-state index in [9.17, 15) is 4.79 Å². The first-order valence-corrected chi connectivity index (χ1v) is 7.53. The Balaban J connectivity index is 0.00000361. The average molecular weight is 337 g/mol. The smallest absolute Gasteiger partial charge is 0.232 e. The summed E-state index contributed by atoms with van der Waals surface area (Å²) in [4.78, 5) is 14.8. The highest BCUT2D eigenvalue weighted by atomic mass is 35.5. The average Bonchev–Trinajstić information content (AvgIpc) is 2.37. The Morgan fingerprint density at radius 1 is 1.35 bits per heavy atom. The van der Waals surface area contributed by atoms with E-state index in [1.54, 1.807) is 4.90 Å². The van der Waals surface area contributed by atoms with Gasteiger partial charge in [-0.3, -0.25) is 4.79 Å². The summed E-state index contributed by atoms with van der Waals surface area (Å²) in [7, 11) is 1.82. The van der Waals surface area contributed by atoms with E-state index in [-0.39, 0.29) is 23.7 Å². The summed E-state index contributed by atoms with van der Waals surface area (Å²) in [6, 6.07) is 7.50. The van der Waals surface area contributed by atoms with Crippen LogP contribution >= 0.6 is 35.8 Å². The van der Waals surface area contributed by atoms with Crippen LogP contribution in [0.3, 0.4) is 0 Å². The van der Waals surface area contributed by atoms with Crippen LogP contribution in [0.5, 0.6) is 0 Å². The Kier molecular flexibility index (Phi) is 8.59. The summed E-state index contributed by atoms with van der Waals surface area (Å²) in [6.45, 7) is 5.35. The van der Waals surface area contributed by atoms with Gasteiger partial charge in [0.05, 0.1) is 5.75 Å². The van der Waals surface area contributed by atoms with Gasteiger partial charge >= 0.3 is 0 Å². The standard InChI is InChI=1S/C14H21ClN2OS.ClH/c1-14(2,9-16)10-17(3)13(18)8-19-12-6-4-11(15)5-7-12;/h4-7H,8-10,16H2,1-3H3;1H. The number of carbonyl (C=O) groups excluding carboxylic acids is 1. The van der Waals surface area contributed by atoms with Crippen molar-refractivity contribution < 1.29 is 4.79 Å². The quantitative estimate of drug-likeness (QED) is 0.810. The predicted octanol–water partition coefficient (Wildman–Crippen LogP) is 3.30. The van der Waals surface area contributed by atoms with Crippen molar-refractivity contribution in [1.82, 2.24) is 4.90 Å². The zero-order valence-electron chi connectivity index (χ0n) is 12.1. The van der Waals surface area contributed by atoms with E-state index in [4.69, 9.17) is 17.3 Å². The maximum absolute atomic E-state index is 12.0. The molecule has 0 aliphatic rings. The van der Waals surface area contributed by atoms with Gasteiger partial charge in [-0.25, -0.2) is 0 Å². The molecule has 1 aromatic rings. The summed E-state index contributed by atoms with van der Waals surface area (Å²) >= 11 is 7.34. The molecule has 1 rings (SSSR count). The summed E-state index contributed by atoms with van der Waals surface area (Å²) < 4.78 is 0. The van der Waals surface area contributed by atoms with Gasteiger partial charge in [-0.15, -0.1) is 24.2 Å². The molecule has 0 radical (unpaired) electrons. The number of rotatable bonds is 6. The Bertz CT molecular complexity index is 424. The molecule has 0 heterocycles.